The summed E-state index contributed by atoms with van der Waals surface area (Å²) in [6.07, 6.45) is 0.975. The van der Waals surface area contributed by atoms with E-state index in [1.54, 1.807) is 0 Å². The van der Waals surface area contributed by atoms with E-state index >= 15 is 0 Å². The molecule has 0 spiro atoms. The highest BCUT2D eigenvalue weighted by atomic mass is 35.5. The first-order chi connectivity index (χ1) is 8.41. The van der Waals surface area contributed by atoms with Crippen molar-refractivity contribution in [2.45, 2.75) is 25.7 Å². The largest absolute Gasteiger partial charge is 0.368 e. The zero-order chi connectivity index (χ0) is 14.0. The molecule has 0 fully saturated rings. The van der Waals surface area contributed by atoms with Gasteiger partial charge in [0.05, 0.1) is 0 Å². The number of hydrogen-bond donors (Lipinski definition) is 6. The zero-order valence-corrected chi connectivity index (χ0v) is 10.8. The molecule has 0 aromatic heterocycles. The fourth-order valence-electron chi connectivity index (χ4n) is 0.865. The lowest BCUT2D eigenvalue weighted by molar-refractivity contribution is -0.150. The number of hydroxylamine groups is 2. The van der Waals surface area contributed by atoms with Gasteiger partial charge in [0.1, 0.15) is 0 Å². The van der Waals surface area contributed by atoms with Crippen LogP contribution in [0.5, 0.6) is 0 Å². The van der Waals surface area contributed by atoms with Crippen LogP contribution >= 0.6 is 12.4 Å². The molecule has 0 heterocycles. The summed E-state index contributed by atoms with van der Waals surface area (Å²) < 4.78 is 0. The number of carbonyl (C=O) groups excluding carboxylic acids is 2. The molecule has 0 atom stereocenters. The Morgan fingerprint density at radius 1 is 0.895 bits per heavy atom. The van der Waals surface area contributed by atoms with Crippen molar-refractivity contribution in [1.82, 2.24) is 11.0 Å². The first kappa shape index (κ1) is 19.1. The predicted octanol–water partition coefficient (Wildman–Crippen LogP) is -1.15. The fourth-order valence-corrected chi connectivity index (χ4v) is 0.865. The van der Waals surface area contributed by atoms with Gasteiger partial charge in [-0.3, -0.25) is 10.8 Å². The number of carbonyl (C=O) groups is 2. The van der Waals surface area contributed by atoms with Crippen LogP contribution in [0.1, 0.15) is 25.7 Å². The Morgan fingerprint density at radius 2 is 1.21 bits per heavy atom. The summed E-state index contributed by atoms with van der Waals surface area (Å²) in [5.41, 5.74) is 13.6. The molecule has 8 N–H and O–H groups in total. The number of nitrogens with one attached hydrogen (secondary N) is 4. The van der Waals surface area contributed by atoms with E-state index in [0.717, 1.165) is 0 Å². The van der Waals surface area contributed by atoms with Gasteiger partial charge in [0.25, 0.3) is 0 Å². The minimum Gasteiger partial charge on any atom is -0.368 e. The summed E-state index contributed by atoms with van der Waals surface area (Å²) in [7, 11) is 0. The van der Waals surface area contributed by atoms with Gasteiger partial charge in [0, 0.05) is 12.8 Å². The molecule has 19 heavy (non-hydrogen) atoms. The molecule has 0 aromatic carbocycles. The number of hydrogen-bond acceptors (Lipinski definition) is 6. The maximum Gasteiger partial charge on any atom is 0.332 e. The van der Waals surface area contributed by atoms with Crippen LogP contribution in [0.2, 0.25) is 0 Å². The third-order valence-electron chi connectivity index (χ3n) is 1.56. The highest BCUT2D eigenvalue weighted by molar-refractivity contribution is 5.85. The second-order valence-electron chi connectivity index (χ2n) is 3.19. The Kier molecular flexibility index (Phi) is 11.0. The van der Waals surface area contributed by atoms with Gasteiger partial charge in [0.15, 0.2) is 0 Å². The highest BCUT2D eigenvalue weighted by Crippen LogP contribution is 2.01. The van der Waals surface area contributed by atoms with E-state index in [1.165, 1.54) is 0 Å². The lowest BCUT2D eigenvalue weighted by Gasteiger charge is -2.05. The van der Waals surface area contributed by atoms with Crippen LogP contribution in [0, 0.1) is 10.8 Å². The number of unbranched alkanes of at least 4 members (excludes halogenated alkanes) is 1. The molecule has 0 unspecified atom stereocenters. The Hall–Kier alpha value is -2.23. The molecule has 0 saturated carbocycles. The molecule has 0 aromatic rings. The molecule has 0 rings (SSSR count). The predicted molar refractivity (Wildman–Crippen MR) is 68.0 cm³/mol. The molecule has 0 amide bonds. The molecule has 0 aliphatic rings. The third-order valence-corrected chi connectivity index (χ3v) is 1.56. The van der Waals surface area contributed by atoms with Gasteiger partial charge < -0.3 is 21.1 Å². The van der Waals surface area contributed by atoms with Gasteiger partial charge in [-0.2, -0.15) is 11.0 Å². The monoisotopic (exact) mass is 296 g/mol. The van der Waals surface area contributed by atoms with E-state index in [-0.39, 0.29) is 25.2 Å². The van der Waals surface area contributed by atoms with Crippen LogP contribution in [0.3, 0.4) is 0 Å². The van der Waals surface area contributed by atoms with Crippen LogP contribution in [0.15, 0.2) is 0 Å². The lowest BCUT2D eigenvalue weighted by atomic mass is 10.2. The van der Waals surface area contributed by atoms with Crippen molar-refractivity contribution in [2.75, 3.05) is 0 Å². The molecule has 11 heteroatoms. The van der Waals surface area contributed by atoms with E-state index in [9.17, 15) is 9.59 Å². The smallest absolute Gasteiger partial charge is 0.332 e. The zero-order valence-electron chi connectivity index (χ0n) is 10.0. The Labute approximate surface area is 115 Å². The van der Waals surface area contributed by atoms with Crippen LogP contribution < -0.4 is 22.4 Å². The normalized spacial score (nSPS) is 8.63. The lowest BCUT2D eigenvalue weighted by Crippen LogP contribution is -2.32. The summed E-state index contributed by atoms with van der Waals surface area (Å²) in [5, 5.41) is 13.5. The summed E-state index contributed by atoms with van der Waals surface area (Å²) >= 11 is 0. The SMILES string of the molecule is Cl.N=C(N)NOC(=O)CCCCC(=O)ONC(=N)N. The van der Waals surface area contributed by atoms with Gasteiger partial charge in [-0.15, -0.1) is 12.4 Å². The molecule has 0 saturated heterocycles. The van der Waals surface area contributed by atoms with Crippen molar-refractivity contribution < 1.29 is 19.3 Å². The molecule has 110 valence electrons. The van der Waals surface area contributed by atoms with E-state index in [1.807, 2.05) is 11.0 Å². The number of halogens is 1. The van der Waals surface area contributed by atoms with E-state index < -0.39 is 23.9 Å². The van der Waals surface area contributed by atoms with E-state index in [0.29, 0.717) is 12.8 Å². The van der Waals surface area contributed by atoms with Crippen LogP contribution in [0.25, 0.3) is 0 Å². The molecule has 10 nitrogen and oxygen atoms in total. The summed E-state index contributed by atoms with van der Waals surface area (Å²) in [5.74, 6) is -2.11. The van der Waals surface area contributed by atoms with Crippen molar-refractivity contribution in [3.05, 3.63) is 0 Å². The van der Waals surface area contributed by atoms with Gasteiger partial charge in [-0.25, -0.2) is 9.59 Å². The standard InChI is InChI=1S/C8H16N6O4.ClH/c9-7(10)13-17-5(15)3-1-2-4-6(16)18-14-8(11)12;/h1-4H2,(H4,9,10,13)(H4,11,12,14);1H. The maximum atomic E-state index is 11.0. The van der Waals surface area contributed by atoms with Crippen LogP contribution in [-0.2, 0) is 19.3 Å². The topological polar surface area (TPSA) is 176 Å². The maximum absolute atomic E-state index is 11.0. The highest BCUT2D eigenvalue weighted by Gasteiger charge is 2.06. The first-order valence-corrected chi connectivity index (χ1v) is 5.01. The summed E-state index contributed by atoms with van der Waals surface area (Å²) in [6, 6.07) is 0. The van der Waals surface area contributed by atoms with Crippen LogP contribution in [-0.4, -0.2) is 23.9 Å². The van der Waals surface area contributed by atoms with Gasteiger partial charge >= 0.3 is 11.9 Å². The number of rotatable bonds is 5. The number of nitrogens with two attached hydrogens (primary N) is 2. The van der Waals surface area contributed by atoms with Gasteiger partial charge in [-0.05, 0) is 12.8 Å². The van der Waals surface area contributed by atoms with Crippen molar-refractivity contribution in [3.63, 3.8) is 0 Å². The fraction of sp³-hybridized carbons (Fsp3) is 0.500. The molecule has 0 bridgehead atoms. The van der Waals surface area contributed by atoms with Crippen molar-refractivity contribution in [1.29, 1.82) is 10.8 Å². The Bertz CT molecular complexity index is 305. The Balaban J connectivity index is 0. The van der Waals surface area contributed by atoms with Crippen LogP contribution in [0.4, 0.5) is 0 Å². The second-order valence-corrected chi connectivity index (χ2v) is 3.19. The van der Waals surface area contributed by atoms with Crippen molar-refractivity contribution in [2.24, 2.45) is 11.5 Å². The molecule has 0 aliphatic heterocycles. The van der Waals surface area contributed by atoms with E-state index in [4.69, 9.17) is 22.3 Å². The summed E-state index contributed by atoms with van der Waals surface area (Å²) in [6.45, 7) is 0. The molecule has 0 radical (unpaired) electrons. The minimum atomic E-state index is -0.583. The van der Waals surface area contributed by atoms with Gasteiger partial charge in [-0.1, -0.05) is 0 Å². The number of guanidine groups is 2. The first-order valence-electron chi connectivity index (χ1n) is 5.01. The van der Waals surface area contributed by atoms with Crippen molar-refractivity contribution in [3.8, 4) is 0 Å². The minimum absolute atomic E-state index is 0. The van der Waals surface area contributed by atoms with E-state index in [2.05, 4.69) is 9.68 Å². The van der Waals surface area contributed by atoms with Crippen molar-refractivity contribution >= 4 is 36.3 Å². The molecule has 0 aliphatic carbocycles. The third kappa shape index (κ3) is 13.7. The second kappa shape index (κ2) is 10.9. The average molecular weight is 297 g/mol. The average Bonchev–Trinajstić information content (AvgIpc) is 2.29. The quantitative estimate of drug-likeness (QED) is 0.159. The molecular weight excluding hydrogens is 280 g/mol. The van der Waals surface area contributed by atoms with Gasteiger partial charge in [0.2, 0.25) is 11.9 Å². The summed E-state index contributed by atoms with van der Waals surface area (Å²) in [4.78, 5) is 30.7. The Morgan fingerprint density at radius 3 is 1.47 bits per heavy atom. The molecular formula is C8H17ClN6O4.